The number of alkyl halides is 3. The molecule has 1 aromatic heterocycles. The van der Waals surface area contributed by atoms with Gasteiger partial charge in [-0.3, -0.25) is 4.79 Å². The summed E-state index contributed by atoms with van der Waals surface area (Å²) in [5, 5.41) is 2.66. The summed E-state index contributed by atoms with van der Waals surface area (Å²) < 4.78 is 65.6. The van der Waals surface area contributed by atoms with Gasteiger partial charge >= 0.3 is 6.18 Å². The highest BCUT2D eigenvalue weighted by molar-refractivity contribution is 7.89. The molecule has 1 amide bonds. The minimum atomic E-state index is -4.39. The predicted octanol–water partition coefficient (Wildman–Crippen LogP) is 3.05. The van der Waals surface area contributed by atoms with Crippen LogP contribution in [0.4, 0.5) is 13.2 Å². The molecule has 0 bridgehead atoms. The van der Waals surface area contributed by atoms with E-state index >= 15 is 0 Å². The second-order valence-electron chi connectivity index (χ2n) is 6.46. The monoisotopic (exact) mass is 431 g/mol. The minimum absolute atomic E-state index is 0.0385. The molecule has 6 nitrogen and oxygen atoms in total. The van der Waals surface area contributed by atoms with E-state index in [9.17, 15) is 26.4 Å². The summed E-state index contributed by atoms with van der Waals surface area (Å²) in [6, 6.07) is 6.05. The summed E-state index contributed by atoms with van der Waals surface area (Å²) in [4.78, 5) is 12.4. The Balaban J connectivity index is 2.02. The molecular formula is C19H24F3N3O3S. The van der Waals surface area contributed by atoms with Crippen molar-refractivity contribution in [3.8, 4) is 0 Å². The second-order valence-corrected chi connectivity index (χ2v) is 8.40. The Bertz CT molecular complexity index is 947. The lowest BCUT2D eigenvalue weighted by molar-refractivity contribution is -0.137. The molecule has 0 unspecified atom stereocenters. The van der Waals surface area contributed by atoms with E-state index in [1.54, 1.807) is 20.9 Å². The Morgan fingerprint density at radius 1 is 1.14 bits per heavy atom. The normalized spacial score (nSPS) is 12.4. The number of rotatable bonds is 8. The van der Waals surface area contributed by atoms with Gasteiger partial charge in [-0.2, -0.15) is 17.5 Å². The van der Waals surface area contributed by atoms with Gasteiger partial charge in [0, 0.05) is 32.9 Å². The first-order chi connectivity index (χ1) is 13.5. The third-order valence-electron chi connectivity index (χ3n) is 4.54. The van der Waals surface area contributed by atoms with E-state index in [1.165, 1.54) is 33.3 Å². The van der Waals surface area contributed by atoms with Crippen LogP contribution >= 0.6 is 0 Å². The number of amides is 1. The van der Waals surface area contributed by atoms with E-state index in [4.69, 9.17) is 0 Å². The molecule has 160 valence electrons. The largest absolute Gasteiger partial charge is 0.416 e. The number of hydrogen-bond acceptors (Lipinski definition) is 3. The Kier molecular flexibility index (Phi) is 7.12. The zero-order valence-electron chi connectivity index (χ0n) is 16.5. The van der Waals surface area contributed by atoms with Crippen molar-refractivity contribution >= 4 is 15.9 Å². The predicted molar refractivity (Wildman–Crippen MR) is 103 cm³/mol. The van der Waals surface area contributed by atoms with Crippen molar-refractivity contribution in [2.45, 2.75) is 31.3 Å². The molecule has 0 aliphatic carbocycles. The van der Waals surface area contributed by atoms with E-state index in [0.717, 1.165) is 12.1 Å². The van der Waals surface area contributed by atoms with Gasteiger partial charge in [-0.15, -0.1) is 0 Å². The Morgan fingerprint density at radius 3 is 2.24 bits per heavy atom. The average Bonchev–Trinajstić information content (AvgIpc) is 3.05. The number of aryl methyl sites for hydroxylation is 1. The van der Waals surface area contributed by atoms with E-state index in [-0.39, 0.29) is 17.1 Å². The zero-order valence-corrected chi connectivity index (χ0v) is 17.3. The molecule has 10 heteroatoms. The number of aromatic nitrogens is 1. The lowest BCUT2D eigenvalue weighted by Gasteiger charge is -2.17. The first-order valence-corrected chi connectivity index (χ1v) is 10.6. The molecule has 0 spiro atoms. The summed E-state index contributed by atoms with van der Waals surface area (Å²) in [6.07, 6.45) is -2.65. The van der Waals surface area contributed by atoms with Crippen LogP contribution in [0.1, 0.15) is 35.5 Å². The Hall–Kier alpha value is -2.33. The lowest BCUT2D eigenvalue weighted by atomic mass is 10.1. The maximum Gasteiger partial charge on any atom is 0.416 e. The molecular weight excluding hydrogens is 407 g/mol. The smallest absolute Gasteiger partial charge is 0.350 e. The second kappa shape index (κ2) is 9.00. The molecule has 1 aromatic carbocycles. The quantitative estimate of drug-likeness (QED) is 0.698. The van der Waals surface area contributed by atoms with Gasteiger partial charge in [-0.1, -0.05) is 26.0 Å². The number of nitrogens with zero attached hydrogens (tertiary/aromatic N) is 2. The molecule has 2 rings (SSSR count). The zero-order chi connectivity index (χ0) is 21.8. The highest BCUT2D eigenvalue weighted by Gasteiger charge is 2.30. The first-order valence-electron chi connectivity index (χ1n) is 9.11. The van der Waals surface area contributed by atoms with Crippen LogP contribution < -0.4 is 5.32 Å². The molecule has 29 heavy (non-hydrogen) atoms. The number of nitrogens with one attached hydrogen (secondary N) is 1. The lowest BCUT2D eigenvalue weighted by Crippen LogP contribution is -2.30. The number of carbonyl (C=O) groups is 1. The molecule has 0 saturated carbocycles. The van der Waals surface area contributed by atoms with Crippen molar-refractivity contribution in [1.29, 1.82) is 0 Å². The van der Waals surface area contributed by atoms with Crippen LogP contribution in [-0.2, 0) is 29.7 Å². The van der Waals surface area contributed by atoms with Crippen LogP contribution in [0.25, 0.3) is 0 Å². The van der Waals surface area contributed by atoms with Crippen molar-refractivity contribution in [1.82, 2.24) is 14.2 Å². The van der Waals surface area contributed by atoms with Gasteiger partial charge < -0.3 is 9.88 Å². The fraction of sp³-hybridized carbons (Fsp3) is 0.421. The SMILES string of the molecule is CCN(CC)S(=O)(=O)c1cc(C(=O)NCCc2ccc(C(F)(F)F)cc2)n(C)c1. The maximum atomic E-state index is 12.6. The van der Waals surface area contributed by atoms with Gasteiger partial charge in [-0.05, 0) is 30.2 Å². The van der Waals surface area contributed by atoms with Gasteiger partial charge in [-0.25, -0.2) is 8.42 Å². The minimum Gasteiger partial charge on any atom is -0.350 e. The van der Waals surface area contributed by atoms with Crippen LogP contribution in [0.2, 0.25) is 0 Å². The van der Waals surface area contributed by atoms with Crippen molar-refractivity contribution in [2.75, 3.05) is 19.6 Å². The van der Waals surface area contributed by atoms with Gasteiger partial charge in [0.2, 0.25) is 10.0 Å². The van der Waals surface area contributed by atoms with Crippen molar-refractivity contribution < 1.29 is 26.4 Å². The van der Waals surface area contributed by atoms with Crippen LogP contribution in [0, 0.1) is 0 Å². The fourth-order valence-corrected chi connectivity index (χ4v) is 4.41. The standard InChI is InChI=1S/C19H24F3N3O3S/c1-4-25(5-2)29(27,28)16-12-17(24(3)13-16)18(26)23-11-10-14-6-8-15(9-7-14)19(20,21)22/h6-9,12-13H,4-5,10-11H2,1-3H3,(H,23,26). The Labute approximate surface area is 168 Å². The number of benzene rings is 1. The van der Waals surface area contributed by atoms with E-state index in [1.807, 2.05) is 0 Å². The van der Waals surface area contributed by atoms with E-state index in [2.05, 4.69) is 5.32 Å². The fourth-order valence-electron chi connectivity index (χ4n) is 2.88. The molecule has 0 atom stereocenters. The van der Waals surface area contributed by atoms with E-state index < -0.39 is 27.7 Å². The van der Waals surface area contributed by atoms with Crippen LogP contribution in [0.3, 0.4) is 0 Å². The number of halogens is 3. The molecule has 0 aliphatic heterocycles. The highest BCUT2D eigenvalue weighted by Crippen LogP contribution is 2.29. The third-order valence-corrected chi connectivity index (χ3v) is 6.55. The molecule has 2 aromatic rings. The van der Waals surface area contributed by atoms with Crippen LogP contribution in [0.5, 0.6) is 0 Å². The maximum absolute atomic E-state index is 12.6. The summed E-state index contributed by atoms with van der Waals surface area (Å²) in [5.41, 5.74) is 0.106. The molecule has 0 radical (unpaired) electrons. The first kappa shape index (κ1) is 23.0. The van der Waals surface area contributed by atoms with Gasteiger partial charge in [0.15, 0.2) is 0 Å². The van der Waals surface area contributed by atoms with Crippen molar-refractivity contribution in [2.24, 2.45) is 7.05 Å². The topological polar surface area (TPSA) is 71.4 Å². The summed E-state index contributed by atoms with van der Waals surface area (Å²) in [7, 11) is -2.10. The number of hydrogen-bond donors (Lipinski definition) is 1. The van der Waals surface area contributed by atoms with Crippen LogP contribution in [-0.4, -0.2) is 42.8 Å². The van der Waals surface area contributed by atoms with Gasteiger partial charge in [0.25, 0.3) is 5.91 Å². The Morgan fingerprint density at radius 2 is 1.72 bits per heavy atom. The molecule has 1 heterocycles. The molecule has 0 aliphatic rings. The molecule has 0 saturated heterocycles. The van der Waals surface area contributed by atoms with E-state index in [0.29, 0.717) is 25.1 Å². The highest BCUT2D eigenvalue weighted by atomic mass is 32.2. The van der Waals surface area contributed by atoms with Gasteiger partial charge in [0.05, 0.1) is 5.56 Å². The average molecular weight is 431 g/mol. The summed E-state index contributed by atoms with van der Waals surface area (Å²) in [5.74, 6) is -0.458. The number of sulfonamides is 1. The summed E-state index contributed by atoms with van der Waals surface area (Å²) in [6.45, 7) is 4.32. The van der Waals surface area contributed by atoms with Crippen molar-refractivity contribution in [3.63, 3.8) is 0 Å². The van der Waals surface area contributed by atoms with Crippen LogP contribution in [0.15, 0.2) is 41.4 Å². The van der Waals surface area contributed by atoms with Gasteiger partial charge in [0.1, 0.15) is 10.6 Å². The summed E-state index contributed by atoms with van der Waals surface area (Å²) >= 11 is 0. The van der Waals surface area contributed by atoms with Crippen molar-refractivity contribution in [3.05, 3.63) is 53.3 Å². The third kappa shape index (κ3) is 5.39. The molecule has 1 N–H and O–H groups in total. The number of carbonyl (C=O) groups excluding carboxylic acids is 1. The molecule has 0 fully saturated rings.